The number of nitrogens with zero attached hydrogens (tertiary/aromatic N) is 1. The molecule has 3 nitrogen and oxygen atoms in total. The Morgan fingerprint density at radius 3 is 2.87 bits per heavy atom. The lowest BCUT2D eigenvalue weighted by Gasteiger charge is -2.24. The van der Waals surface area contributed by atoms with Gasteiger partial charge in [0.15, 0.2) is 0 Å². The second kappa shape index (κ2) is 5.14. The highest BCUT2D eigenvalue weighted by Gasteiger charge is 2.14. The van der Waals surface area contributed by atoms with Crippen LogP contribution in [0, 0.1) is 0 Å². The molecular weight excluding hydrogens is 277 g/mol. The smallest absolute Gasteiger partial charge is 0.145 e. The number of pyridine rings is 1. The Hall–Kier alpha value is -0.320. The van der Waals surface area contributed by atoms with Gasteiger partial charge in [0, 0.05) is 16.7 Å². The minimum Gasteiger partial charge on any atom is -0.366 e. The van der Waals surface area contributed by atoms with Crippen LogP contribution < -0.4 is 10.6 Å². The SMILES string of the molecule is Clc1cc(Br)cnc1NC1CCNCC1. The molecule has 1 saturated heterocycles. The number of hydrogen-bond donors (Lipinski definition) is 2. The van der Waals surface area contributed by atoms with Crippen molar-refractivity contribution >= 4 is 33.3 Å². The van der Waals surface area contributed by atoms with Gasteiger partial charge in [0.25, 0.3) is 0 Å². The number of anilines is 1. The van der Waals surface area contributed by atoms with Gasteiger partial charge in [0.05, 0.1) is 5.02 Å². The molecule has 0 bridgehead atoms. The van der Waals surface area contributed by atoms with Crippen molar-refractivity contribution in [2.75, 3.05) is 18.4 Å². The Bertz CT molecular complexity index is 339. The first-order valence-corrected chi connectivity index (χ1v) is 6.21. The molecule has 1 aliphatic rings. The Morgan fingerprint density at radius 1 is 1.47 bits per heavy atom. The lowest BCUT2D eigenvalue weighted by atomic mass is 10.1. The fraction of sp³-hybridized carbons (Fsp3) is 0.500. The van der Waals surface area contributed by atoms with Crippen molar-refractivity contribution in [2.24, 2.45) is 0 Å². The minimum absolute atomic E-state index is 0.484. The molecule has 0 unspecified atom stereocenters. The van der Waals surface area contributed by atoms with E-state index in [0.29, 0.717) is 11.1 Å². The maximum atomic E-state index is 6.08. The van der Waals surface area contributed by atoms with Crippen molar-refractivity contribution in [3.05, 3.63) is 21.8 Å². The van der Waals surface area contributed by atoms with Crippen LogP contribution in [0.4, 0.5) is 5.82 Å². The maximum Gasteiger partial charge on any atom is 0.145 e. The van der Waals surface area contributed by atoms with Crippen LogP contribution in [0.1, 0.15) is 12.8 Å². The zero-order chi connectivity index (χ0) is 10.7. The van der Waals surface area contributed by atoms with Gasteiger partial charge in [0.2, 0.25) is 0 Å². The van der Waals surface area contributed by atoms with Crippen molar-refractivity contribution < 1.29 is 0 Å². The third-order valence-corrected chi connectivity index (χ3v) is 3.21. The predicted octanol–water partition coefficient (Wildman–Crippen LogP) is 2.66. The first-order valence-electron chi connectivity index (χ1n) is 5.04. The van der Waals surface area contributed by atoms with E-state index in [-0.39, 0.29) is 0 Å². The Morgan fingerprint density at radius 2 is 2.20 bits per heavy atom. The summed E-state index contributed by atoms with van der Waals surface area (Å²) in [6.45, 7) is 2.12. The van der Waals surface area contributed by atoms with E-state index in [9.17, 15) is 0 Å². The third-order valence-electron chi connectivity index (χ3n) is 2.49. The summed E-state index contributed by atoms with van der Waals surface area (Å²) in [6.07, 6.45) is 4.00. The van der Waals surface area contributed by atoms with Crippen molar-refractivity contribution in [3.8, 4) is 0 Å². The number of aromatic nitrogens is 1. The molecule has 0 spiro atoms. The molecule has 1 aromatic heterocycles. The van der Waals surface area contributed by atoms with Crippen LogP contribution in [0.2, 0.25) is 5.02 Å². The van der Waals surface area contributed by atoms with Gasteiger partial charge in [-0.05, 0) is 47.9 Å². The lowest BCUT2D eigenvalue weighted by molar-refractivity contribution is 0.478. The van der Waals surface area contributed by atoms with Crippen LogP contribution >= 0.6 is 27.5 Å². The summed E-state index contributed by atoms with van der Waals surface area (Å²) < 4.78 is 0.906. The summed E-state index contributed by atoms with van der Waals surface area (Å²) >= 11 is 9.41. The minimum atomic E-state index is 0.484. The van der Waals surface area contributed by atoms with E-state index in [0.717, 1.165) is 36.2 Å². The normalized spacial score (nSPS) is 17.7. The fourth-order valence-corrected chi connectivity index (χ4v) is 2.36. The average Bonchev–Trinajstić information content (AvgIpc) is 2.24. The van der Waals surface area contributed by atoms with Gasteiger partial charge in [-0.25, -0.2) is 4.98 Å². The lowest BCUT2D eigenvalue weighted by Crippen LogP contribution is -2.35. The number of nitrogens with one attached hydrogen (secondary N) is 2. The van der Waals surface area contributed by atoms with Gasteiger partial charge in [-0.2, -0.15) is 0 Å². The van der Waals surface area contributed by atoms with E-state index in [2.05, 4.69) is 31.5 Å². The number of halogens is 2. The first kappa shape index (κ1) is 11.2. The molecule has 0 radical (unpaired) electrons. The summed E-state index contributed by atoms with van der Waals surface area (Å²) in [5, 5.41) is 7.37. The second-order valence-corrected chi connectivity index (χ2v) is 4.98. The molecule has 2 heterocycles. The molecule has 1 aliphatic heterocycles. The Kier molecular flexibility index (Phi) is 3.83. The molecular formula is C10H13BrClN3. The molecule has 82 valence electrons. The van der Waals surface area contributed by atoms with E-state index in [4.69, 9.17) is 11.6 Å². The molecule has 1 fully saturated rings. The van der Waals surface area contributed by atoms with E-state index in [1.807, 2.05) is 6.07 Å². The van der Waals surface area contributed by atoms with E-state index in [1.165, 1.54) is 0 Å². The molecule has 2 N–H and O–H groups in total. The van der Waals surface area contributed by atoms with Gasteiger partial charge in [-0.15, -0.1) is 0 Å². The van der Waals surface area contributed by atoms with Gasteiger partial charge < -0.3 is 10.6 Å². The zero-order valence-corrected chi connectivity index (χ0v) is 10.6. The standard InChI is InChI=1S/C10H13BrClN3/c11-7-5-9(12)10(14-6-7)15-8-1-3-13-4-2-8/h5-6,8,13H,1-4H2,(H,14,15). The quantitative estimate of drug-likeness (QED) is 0.879. The topological polar surface area (TPSA) is 37.0 Å². The summed E-state index contributed by atoms with van der Waals surface area (Å²) in [4.78, 5) is 4.26. The van der Waals surface area contributed by atoms with E-state index < -0.39 is 0 Å². The number of piperidine rings is 1. The summed E-state index contributed by atoms with van der Waals surface area (Å²) in [5.74, 6) is 0.784. The van der Waals surface area contributed by atoms with Crippen LogP contribution in [0.15, 0.2) is 16.7 Å². The van der Waals surface area contributed by atoms with Crippen LogP contribution in [0.25, 0.3) is 0 Å². The molecule has 0 aliphatic carbocycles. The summed E-state index contributed by atoms with van der Waals surface area (Å²) in [7, 11) is 0. The zero-order valence-electron chi connectivity index (χ0n) is 8.26. The summed E-state index contributed by atoms with van der Waals surface area (Å²) in [5.41, 5.74) is 0. The molecule has 0 aromatic carbocycles. The van der Waals surface area contributed by atoms with Crippen LogP contribution in [-0.2, 0) is 0 Å². The largest absolute Gasteiger partial charge is 0.366 e. The van der Waals surface area contributed by atoms with Crippen LogP contribution in [-0.4, -0.2) is 24.1 Å². The van der Waals surface area contributed by atoms with Crippen LogP contribution in [0.5, 0.6) is 0 Å². The van der Waals surface area contributed by atoms with Gasteiger partial charge in [-0.3, -0.25) is 0 Å². The van der Waals surface area contributed by atoms with Gasteiger partial charge in [0.1, 0.15) is 5.82 Å². The molecule has 1 aromatic rings. The van der Waals surface area contributed by atoms with Crippen LogP contribution in [0.3, 0.4) is 0 Å². The van der Waals surface area contributed by atoms with Crippen molar-refractivity contribution in [1.29, 1.82) is 0 Å². The number of hydrogen-bond acceptors (Lipinski definition) is 3. The van der Waals surface area contributed by atoms with Crippen molar-refractivity contribution in [3.63, 3.8) is 0 Å². The molecule has 0 amide bonds. The molecule has 5 heteroatoms. The highest BCUT2D eigenvalue weighted by atomic mass is 79.9. The molecule has 2 rings (SSSR count). The predicted molar refractivity (Wildman–Crippen MR) is 66.5 cm³/mol. The highest BCUT2D eigenvalue weighted by Crippen LogP contribution is 2.24. The third kappa shape index (κ3) is 3.06. The highest BCUT2D eigenvalue weighted by molar-refractivity contribution is 9.10. The second-order valence-electron chi connectivity index (χ2n) is 3.65. The van der Waals surface area contributed by atoms with E-state index in [1.54, 1.807) is 6.20 Å². The van der Waals surface area contributed by atoms with Gasteiger partial charge >= 0.3 is 0 Å². The molecule has 15 heavy (non-hydrogen) atoms. The molecule has 0 atom stereocenters. The summed E-state index contributed by atoms with van der Waals surface area (Å²) in [6, 6.07) is 2.34. The maximum absolute atomic E-state index is 6.08. The van der Waals surface area contributed by atoms with E-state index >= 15 is 0 Å². The fourth-order valence-electron chi connectivity index (χ4n) is 1.68. The molecule has 0 saturated carbocycles. The Balaban J connectivity index is 2.03. The number of rotatable bonds is 2. The average molecular weight is 291 g/mol. The first-order chi connectivity index (χ1) is 7.25. The van der Waals surface area contributed by atoms with Crippen molar-refractivity contribution in [2.45, 2.75) is 18.9 Å². The monoisotopic (exact) mass is 289 g/mol. The Labute approximate surface area is 103 Å². The van der Waals surface area contributed by atoms with Crippen molar-refractivity contribution in [1.82, 2.24) is 10.3 Å². The van der Waals surface area contributed by atoms with Gasteiger partial charge in [-0.1, -0.05) is 11.6 Å².